The Morgan fingerprint density at radius 1 is 1.56 bits per heavy atom. The number of ketones is 1. The number of nitriles is 1. The molecule has 2 nitrogen and oxygen atoms in total. The zero-order valence-electron chi connectivity index (χ0n) is 9.29. The lowest BCUT2D eigenvalue weighted by Gasteiger charge is -2.18. The molecule has 0 fully saturated rings. The van der Waals surface area contributed by atoms with E-state index in [0.717, 1.165) is 11.1 Å². The van der Waals surface area contributed by atoms with E-state index < -0.39 is 5.41 Å². The van der Waals surface area contributed by atoms with Crippen LogP contribution in [0.4, 0.5) is 0 Å². The summed E-state index contributed by atoms with van der Waals surface area (Å²) in [6.45, 7) is 5.66. The topological polar surface area (TPSA) is 40.9 Å². The molecule has 0 radical (unpaired) electrons. The van der Waals surface area contributed by atoms with Gasteiger partial charge in [-0.15, -0.1) is 6.58 Å². The first-order chi connectivity index (χ1) is 7.59. The molecule has 0 saturated carbocycles. The molecular weight excluding hydrogens is 198 g/mol. The zero-order valence-corrected chi connectivity index (χ0v) is 9.29. The zero-order chi connectivity index (χ0) is 11.8. The average molecular weight is 211 g/mol. The number of benzene rings is 1. The summed E-state index contributed by atoms with van der Waals surface area (Å²) < 4.78 is 0. The van der Waals surface area contributed by atoms with Gasteiger partial charge in [-0.3, -0.25) is 4.79 Å². The van der Waals surface area contributed by atoms with Crippen molar-refractivity contribution in [3.63, 3.8) is 0 Å². The highest BCUT2D eigenvalue weighted by Crippen LogP contribution is 2.40. The number of nitrogens with zero attached hydrogens (tertiary/aromatic N) is 1. The molecule has 0 unspecified atom stereocenters. The molecular formula is C14H13NO. The summed E-state index contributed by atoms with van der Waals surface area (Å²) >= 11 is 0. The average Bonchev–Trinajstić information content (AvgIpc) is 2.53. The Balaban J connectivity index is 2.46. The van der Waals surface area contributed by atoms with Gasteiger partial charge in [-0.2, -0.15) is 5.26 Å². The van der Waals surface area contributed by atoms with Crippen LogP contribution in [0.25, 0.3) is 0 Å². The maximum absolute atomic E-state index is 12.2. The molecule has 1 aromatic rings. The molecule has 16 heavy (non-hydrogen) atoms. The normalized spacial score (nSPS) is 22.6. The van der Waals surface area contributed by atoms with E-state index in [1.807, 2.05) is 25.1 Å². The minimum Gasteiger partial charge on any atom is -0.292 e. The van der Waals surface area contributed by atoms with Crippen molar-refractivity contribution in [3.8, 4) is 6.07 Å². The van der Waals surface area contributed by atoms with Crippen LogP contribution in [0.2, 0.25) is 0 Å². The number of rotatable bonds is 2. The smallest absolute Gasteiger partial charge is 0.184 e. The maximum atomic E-state index is 12.2. The van der Waals surface area contributed by atoms with Crippen LogP contribution >= 0.6 is 0 Å². The van der Waals surface area contributed by atoms with Crippen molar-refractivity contribution in [2.75, 3.05) is 0 Å². The predicted molar refractivity (Wildman–Crippen MR) is 62.0 cm³/mol. The highest BCUT2D eigenvalue weighted by molar-refractivity contribution is 6.06. The van der Waals surface area contributed by atoms with E-state index in [9.17, 15) is 10.1 Å². The minimum absolute atomic E-state index is 0.0476. The Morgan fingerprint density at radius 2 is 2.25 bits per heavy atom. The fourth-order valence-corrected chi connectivity index (χ4v) is 2.35. The molecule has 0 aliphatic heterocycles. The first kappa shape index (κ1) is 10.6. The molecule has 1 aliphatic rings. The molecule has 0 saturated heterocycles. The predicted octanol–water partition coefficient (Wildman–Crippen LogP) is 2.90. The summed E-state index contributed by atoms with van der Waals surface area (Å²) in [7, 11) is 0. The third kappa shape index (κ3) is 1.45. The number of Topliss-reactive ketones (excluding diaryl/α,β-unsaturated/α-hetero) is 1. The van der Waals surface area contributed by atoms with Crippen LogP contribution in [-0.2, 0) is 6.42 Å². The second-order valence-electron chi connectivity index (χ2n) is 4.49. The van der Waals surface area contributed by atoms with Crippen LogP contribution < -0.4 is 0 Å². The van der Waals surface area contributed by atoms with Crippen molar-refractivity contribution >= 4 is 5.78 Å². The molecule has 1 aromatic carbocycles. The standard InChI is InChI=1S/C14H13NO/c1-10(2)7-14(9-15)8-11-5-3-4-6-12(11)13(14)16/h3-6H,1,7-8H2,2H3/t14-/m0/s1. The van der Waals surface area contributed by atoms with E-state index in [1.165, 1.54) is 0 Å². The molecule has 0 spiro atoms. The third-order valence-corrected chi connectivity index (χ3v) is 3.01. The minimum atomic E-state index is -0.907. The van der Waals surface area contributed by atoms with Gasteiger partial charge in [-0.25, -0.2) is 0 Å². The number of carbonyl (C=O) groups is 1. The van der Waals surface area contributed by atoms with E-state index in [-0.39, 0.29) is 5.78 Å². The molecule has 80 valence electrons. The molecule has 2 rings (SSSR count). The van der Waals surface area contributed by atoms with Gasteiger partial charge >= 0.3 is 0 Å². The van der Waals surface area contributed by atoms with Crippen LogP contribution in [0.5, 0.6) is 0 Å². The SMILES string of the molecule is C=C(C)C[C@@]1(C#N)Cc2ccccc2C1=O. The molecule has 0 heterocycles. The summed E-state index contributed by atoms with van der Waals surface area (Å²) in [5, 5.41) is 9.30. The van der Waals surface area contributed by atoms with Gasteiger partial charge in [0.15, 0.2) is 5.78 Å². The second-order valence-corrected chi connectivity index (χ2v) is 4.49. The van der Waals surface area contributed by atoms with E-state index in [4.69, 9.17) is 0 Å². The lowest BCUT2D eigenvalue weighted by molar-refractivity contribution is 0.0882. The van der Waals surface area contributed by atoms with E-state index in [0.29, 0.717) is 18.4 Å². The van der Waals surface area contributed by atoms with Gasteiger partial charge in [-0.05, 0) is 25.3 Å². The maximum Gasteiger partial charge on any atom is 0.184 e. The quantitative estimate of drug-likeness (QED) is 0.706. The van der Waals surface area contributed by atoms with Crippen LogP contribution in [-0.4, -0.2) is 5.78 Å². The van der Waals surface area contributed by atoms with E-state index in [1.54, 1.807) is 6.07 Å². The molecule has 2 heteroatoms. The van der Waals surface area contributed by atoms with Crippen LogP contribution in [0.15, 0.2) is 36.4 Å². The van der Waals surface area contributed by atoms with Gasteiger partial charge in [0.2, 0.25) is 0 Å². The lowest BCUT2D eigenvalue weighted by Crippen LogP contribution is -2.26. The first-order valence-electron chi connectivity index (χ1n) is 5.27. The summed E-state index contributed by atoms with van der Waals surface area (Å²) in [5.74, 6) is -0.0476. The van der Waals surface area contributed by atoms with Gasteiger partial charge in [0.05, 0.1) is 6.07 Å². The fraction of sp³-hybridized carbons (Fsp3) is 0.286. The molecule has 1 aliphatic carbocycles. The Morgan fingerprint density at radius 3 is 2.81 bits per heavy atom. The van der Waals surface area contributed by atoms with Gasteiger partial charge < -0.3 is 0 Å². The molecule has 0 amide bonds. The molecule has 1 atom stereocenters. The second kappa shape index (κ2) is 3.61. The summed E-state index contributed by atoms with van der Waals surface area (Å²) in [5.41, 5.74) is 1.65. The van der Waals surface area contributed by atoms with Crippen molar-refractivity contribution in [2.24, 2.45) is 5.41 Å². The van der Waals surface area contributed by atoms with Crippen LogP contribution in [0.3, 0.4) is 0 Å². The van der Waals surface area contributed by atoms with Gasteiger partial charge in [0.1, 0.15) is 5.41 Å². The summed E-state index contributed by atoms with van der Waals surface area (Å²) in [4.78, 5) is 12.2. The van der Waals surface area contributed by atoms with Crippen molar-refractivity contribution in [1.29, 1.82) is 5.26 Å². The van der Waals surface area contributed by atoms with E-state index in [2.05, 4.69) is 12.6 Å². The number of hydrogen-bond acceptors (Lipinski definition) is 2. The molecule has 0 N–H and O–H groups in total. The lowest BCUT2D eigenvalue weighted by atomic mass is 9.80. The van der Waals surface area contributed by atoms with E-state index >= 15 is 0 Å². The van der Waals surface area contributed by atoms with Crippen LogP contribution in [0.1, 0.15) is 29.3 Å². The summed E-state index contributed by atoms with van der Waals surface area (Å²) in [6.07, 6.45) is 0.975. The van der Waals surface area contributed by atoms with Crippen molar-refractivity contribution in [3.05, 3.63) is 47.5 Å². The third-order valence-electron chi connectivity index (χ3n) is 3.01. The number of fused-ring (bicyclic) bond motifs is 1. The van der Waals surface area contributed by atoms with Crippen LogP contribution in [0, 0.1) is 16.7 Å². The van der Waals surface area contributed by atoms with Gasteiger partial charge in [0, 0.05) is 5.56 Å². The highest BCUT2D eigenvalue weighted by atomic mass is 16.1. The highest BCUT2D eigenvalue weighted by Gasteiger charge is 2.45. The Hall–Kier alpha value is -1.88. The van der Waals surface area contributed by atoms with Crippen molar-refractivity contribution < 1.29 is 4.79 Å². The Labute approximate surface area is 95.2 Å². The monoisotopic (exact) mass is 211 g/mol. The van der Waals surface area contributed by atoms with Crippen molar-refractivity contribution in [2.45, 2.75) is 19.8 Å². The molecule has 0 bridgehead atoms. The first-order valence-corrected chi connectivity index (χ1v) is 5.27. The summed E-state index contributed by atoms with van der Waals surface area (Å²) in [6, 6.07) is 9.66. The number of carbonyl (C=O) groups excluding carboxylic acids is 1. The molecule has 0 aromatic heterocycles. The fourth-order valence-electron chi connectivity index (χ4n) is 2.35. The Bertz CT molecular complexity index is 510. The van der Waals surface area contributed by atoms with Gasteiger partial charge in [-0.1, -0.05) is 29.8 Å². The van der Waals surface area contributed by atoms with Crippen molar-refractivity contribution in [1.82, 2.24) is 0 Å². The Kier molecular flexibility index (Phi) is 2.40. The number of allylic oxidation sites excluding steroid dienone is 1. The largest absolute Gasteiger partial charge is 0.292 e. The van der Waals surface area contributed by atoms with Gasteiger partial charge in [0.25, 0.3) is 0 Å². The number of hydrogen-bond donors (Lipinski definition) is 0.